The van der Waals surface area contributed by atoms with E-state index in [0.717, 1.165) is 52.7 Å². The summed E-state index contributed by atoms with van der Waals surface area (Å²) in [5.74, 6) is 1.26. The molecule has 1 atom stereocenters. The van der Waals surface area contributed by atoms with Crippen LogP contribution in [-0.2, 0) is 6.54 Å². The first-order valence-corrected chi connectivity index (χ1v) is 10.9. The summed E-state index contributed by atoms with van der Waals surface area (Å²) in [5.41, 5.74) is 3.76. The fraction of sp³-hybridized carbons (Fsp3) is 0.280. The Morgan fingerprint density at radius 1 is 1.23 bits per heavy atom. The molecule has 0 saturated carbocycles. The lowest BCUT2D eigenvalue weighted by Crippen LogP contribution is -2.41. The number of aromatic nitrogens is 2. The average molecular weight is 415 g/mol. The van der Waals surface area contributed by atoms with E-state index in [1.54, 1.807) is 0 Å². The van der Waals surface area contributed by atoms with Gasteiger partial charge in [-0.05, 0) is 56.5 Å². The van der Waals surface area contributed by atoms with E-state index in [2.05, 4.69) is 33.5 Å². The summed E-state index contributed by atoms with van der Waals surface area (Å²) in [7, 11) is 0. The number of para-hydroxylation sites is 3. The lowest BCUT2D eigenvalue weighted by atomic mass is 9.98. The van der Waals surface area contributed by atoms with Crippen LogP contribution in [0.25, 0.3) is 22.0 Å². The molecule has 4 aromatic rings. The number of carbonyl (C=O) groups is 1. The minimum absolute atomic E-state index is 0.0534. The van der Waals surface area contributed by atoms with E-state index in [0.29, 0.717) is 18.9 Å². The van der Waals surface area contributed by atoms with Gasteiger partial charge in [0.2, 0.25) is 0 Å². The second kappa shape index (κ2) is 8.30. The largest absolute Gasteiger partial charge is 0.459 e. The van der Waals surface area contributed by atoms with E-state index >= 15 is 0 Å². The minimum Gasteiger partial charge on any atom is -0.459 e. The first kappa shape index (κ1) is 19.4. The van der Waals surface area contributed by atoms with Gasteiger partial charge in [-0.3, -0.25) is 4.79 Å². The van der Waals surface area contributed by atoms with E-state index in [1.165, 1.54) is 0 Å². The molecule has 0 fully saturated rings. The van der Waals surface area contributed by atoms with Crippen LogP contribution in [0.3, 0.4) is 0 Å². The number of aromatic amines is 1. The standard InChI is InChI=1S/C25H26N4O2/c1-2-29(25(30)24-27-21-11-4-5-12-22(21)28-24)19-10-7-9-18(15-19)26-16-20-14-17-8-3-6-13-23(17)31-20/h3-6,8,11-15,19,26H,2,7,9-10,16H2,1H3,(H,27,28)/t19-/m0/s1. The highest BCUT2D eigenvalue weighted by Crippen LogP contribution is 2.24. The molecule has 0 unspecified atom stereocenters. The molecule has 2 aromatic heterocycles. The van der Waals surface area contributed by atoms with Crippen molar-refractivity contribution in [3.05, 3.63) is 78.0 Å². The highest BCUT2D eigenvalue weighted by atomic mass is 16.3. The van der Waals surface area contributed by atoms with Gasteiger partial charge in [-0.15, -0.1) is 0 Å². The molecule has 1 aliphatic carbocycles. The molecule has 5 rings (SSSR count). The quantitative estimate of drug-likeness (QED) is 0.466. The number of allylic oxidation sites excluding steroid dienone is 1. The van der Waals surface area contributed by atoms with Crippen molar-refractivity contribution >= 4 is 27.9 Å². The summed E-state index contributed by atoms with van der Waals surface area (Å²) in [5, 5.41) is 4.63. The number of hydrogen-bond donors (Lipinski definition) is 2. The molecule has 2 aromatic carbocycles. The monoisotopic (exact) mass is 414 g/mol. The molecule has 1 amide bonds. The Morgan fingerprint density at radius 3 is 2.90 bits per heavy atom. The first-order chi connectivity index (χ1) is 15.2. The molecule has 0 spiro atoms. The molecular formula is C25H26N4O2. The molecule has 6 nitrogen and oxygen atoms in total. The highest BCUT2D eigenvalue weighted by molar-refractivity contribution is 5.94. The van der Waals surface area contributed by atoms with Crippen LogP contribution in [0.5, 0.6) is 0 Å². The van der Waals surface area contributed by atoms with Crippen molar-refractivity contribution in [1.29, 1.82) is 0 Å². The third kappa shape index (κ3) is 3.93. The van der Waals surface area contributed by atoms with Crippen LogP contribution in [0.1, 0.15) is 42.6 Å². The number of nitrogens with zero attached hydrogens (tertiary/aromatic N) is 2. The van der Waals surface area contributed by atoms with Gasteiger partial charge in [0.25, 0.3) is 5.91 Å². The van der Waals surface area contributed by atoms with Gasteiger partial charge >= 0.3 is 0 Å². The lowest BCUT2D eigenvalue weighted by molar-refractivity contribution is 0.0700. The van der Waals surface area contributed by atoms with Crippen LogP contribution in [-0.4, -0.2) is 33.4 Å². The van der Waals surface area contributed by atoms with E-state index in [4.69, 9.17) is 4.42 Å². The molecule has 31 heavy (non-hydrogen) atoms. The third-order valence-corrected chi connectivity index (χ3v) is 5.90. The van der Waals surface area contributed by atoms with Gasteiger partial charge < -0.3 is 19.6 Å². The number of nitrogens with one attached hydrogen (secondary N) is 2. The summed E-state index contributed by atoms with van der Waals surface area (Å²) < 4.78 is 5.91. The van der Waals surface area contributed by atoms with Crippen molar-refractivity contribution in [1.82, 2.24) is 20.2 Å². The molecule has 0 radical (unpaired) electrons. The van der Waals surface area contributed by atoms with Crippen LogP contribution in [0.2, 0.25) is 0 Å². The summed E-state index contributed by atoms with van der Waals surface area (Å²) in [4.78, 5) is 22.8. The van der Waals surface area contributed by atoms with Gasteiger partial charge in [0.05, 0.1) is 23.6 Å². The summed E-state index contributed by atoms with van der Waals surface area (Å²) >= 11 is 0. The molecule has 158 valence electrons. The van der Waals surface area contributed by atoms with Gasteiger partial charge in [-0.25, -0.2) is 4.98 Å². The second-order valence-electron chi connectivity index (χ2n) is 7.95. The van der Waals surface area contributed by atoms with Gasteiger partial charge in [0.15, 0.2) is 5.82 Å². The fourth-order valence-corrected chi connectivity index (χ4v) is 4.34. The number of rotatable bonds is 6. The molecule has 1 aliphatic rings. The molecule has 0 saturated heterocycles. The van der Waals surface area contributed by atoms with Crippen LogP contribution in [0.15, 0.2) is 70.8 Å². The Kier molecular flexibility index (Phi) is 5.20. The SMILES string of the molecule is CCN(C(=O)c1nc2ccccc2[nH]1)[C@@H]1C=C(NCc2cc3ccccc3o2)CCC1. The Hall–Kier alpha value is -3.54. The fourth-order valence-electron chi connectivity index (χ4n) is 4.34. The van der Waals surface area contributed by atoms with Gasteiger partial charge in [0, 0.05) is 17.6 Å². The summed E-state index contributed by atoms with van der Waals surface area (Å²) in [6.45, 7) is 3.29. The Balaban J connectivity index is 1.30. The van der Waals surface area contributed by atoms with E-state index < -0.39 is 0 Å². The molecule has 0 bridgehead atoms. The smallest absolute Gasteiger partial charge is 0.290 e. The average Bonchev–Trinajstić information content (AvgIpc) is 3.42. The van der Waals surface area contributed by atoms with Crippen molar-refractivity contribution in [3.8, 4) is 0 Å². The molecule has 6 heteroatoms. The maximum absolute atomic E-state index is 13.2. The van der Waals surface area contributed by atoms with Crippen LogP contribution < -0.4 is 5.32 Å². The minimum atomic E-state index is -0.0570. The maximum Gasteiger partial charge on any atom is 0.290 e. The molecule has 0 aliphatic heterocycles. The number of hydrogen-bond acceptors (Lipinski definition) is 4. The molecule has 2 heterocycles. The lowest BCUT2D eigenvalue weighted by Gasteiger charge is -2.31. The number of benzene rings is 2. The van der Waals surface area contributed by atoms with E-state index in [9.17, 15) is 4.79 Å². The van der Waals surface area contributed by atoms with Crippen molar-refractivity contribution < 1.29 is 9.21 Å². The topological polar surface area (TPSA) is 74.2 Å². The summed E-state index contributed by atoms with van der Waals surface area (Å²) in [6, 6.07) is 17.9. The predicted octanol–water partition coefficient (Wildman–Crippen LogP) is 5.00. The zero-order valence-corrected chi connectivity index (χ0v) is 17.6. The Bertz CT molecular complexity index is 1190. The number of likely N-dealkylation sites (N-methyl/N-ethyl adjacent to an activating group) is 1. The van der Waals surface area contributed by atoms with E-state index in [1.807, 2.05) is 54.3 Å². The van der Waals surface area contributed by atoms with E-state index in [-0.39, 0.29) is 11.9 Å². The summed E-state index contributed by atoms with van der Waals surface area (Å²) in [6.07, 6.45) is 5.16. The second-order valence-corrected chi connectivity index (χ2v) is 7.95. The zero-order valence-electron chi connectivity index (χ0n) is 17.6. The van der Waals surface area contributed by atoms with Crippen molar-refractivity contribution in [2.75, 3.05) is 6.54 Å². The van der Waals surface area contributed by atoms with Crippen molar-refractivity contribution in [2.24, 2.45) is 0 Å². The predicted molar refractivity (Wildman–Crippen MR) is 122 cm³/mol. The number of fused-ring (bicyclic) bond motifs is 2. The van der Waals surface area contributed by atoms with Gasteiger partial charge in [0.1, 0.15) is 11.3 Å². The number of H-pyrrole nitrogens is 1. The molecule has 2 N–H and O–H groups in total. The van der Waals surface area contributed by atoms with Crippen molar-refractivity contribution in [2.45, 2.75) is 38.8 Å². The maximum atomic E-state index is 13.2. The third-order valence-electron chi connectivity index (χ3n) is 5.90. The Morgan fingerprint density at radius 2 is 2.06 bits per heavy atom. The number of imidazole rings is 1. The Labute approximate surface area is 181 Å². The van der Waals surface area contributed by atoms with Gasteiger partial charge in [-0.2, -0.15) is 0 Å². The molecular weight excluding hydrogens is 388 g/mol. The number of furan rings is 1. The van der Waals surface area contributed by atoms with Crippen LogP contribution in [0.4, 0.5) is 0 Å². The number of carbonyl (C=O) groups excluding carboxylic acids is 1. The van der Waals surface area contributed by atoms with Crippen LogP contribution in [0, 0.1) is 0 Å². The van der Waals surface area contributed by atoms with Crippen molar-refractivity contribution in [3.63, 3.8) is 0 Å². The highest BCUT2D eigenvalue weighted by Gasteiger charge is 2.26. The normalized spacial score (nSPS) is 16.4. The number of amides is 1. The zero-order chi connectivity index (χ0) is 21.2. The first-order valence-electron chi connectivity index (χ1n) is 10.9. The van der Waals surface area contributed by atoms with Gasteiger partial charge in [-0.1, -0.05) is 30.3 Å². The van der Waals surface area contributed by atoms with Crippen LogP contribution >= 0.6 is 0 Å².